The summed E-state index contributed by atoms with van der Waals surface area (Å²) in [6.07, 6.45) is 1.29. The average Bonchev–Trinajstić information content (AvgIpc) is 2.32. The zero-order chi connectivity index (χ0) is 13.1. The summed E-state index contributed by atoms with van der Waals surface area (Å²) in [4.78, 5) is 40.7. The van der Waals surface area contributed by atoms with Crippen LogP contribution in [-0.2, 0) is 16.0 Å². The predicted octanol–water partition coefficient (Wildman–Crippen LogP) is -0.451. The number of hydrogen-bond donors (Lipinski definition) is 3. The maximum atomic E-state index is 11.5. The summed E-state index contributed by atoms with van der Waals surface area (Å²) in [5, 5.41) is 5.11. The number of aryl methyl sites for hydroxylation is 1. The van der Waals surface area contributed by atoms with E-state index in [0.717, 1.165) is 0 Å². The topological polar surface area (TPSA) is 104 Å². The number of nitrogens with zero attached hydrogens (tertiary/aromatic N) is 1. The van der Waals surface area contributed by atoms with Gasteiger partial charge >= 0.3 is 0 Å². The van der Waals surface area contributed by atoms with Gasteiger partial charge in [-0.05, 0) is 6.42 Å². The highest BCUT2D eigenvalue weighted by molar-refractivity contribution is 6.01. The van der Waals surface area contributed by atoms with Crippen molar-refractivity contribution < 1.29 is 9.59 Å². The van der Waals surface area contributed by atoms with Crippen LogP contribution >= 0.6 is 0 Å². The second-order valence-corrected chi connectivity index (χ2v) is 4.08. The second-order valence-electron chi connectivity index (χ2n) is 4.08. The van der Waals surface area contributed by atoms with Gasteiger partial charge in [-0.3, -0.25) is 19.7 Å². The lowest BCUT2D eigenvalue weighted by molar-refractivity contribution is -0.133. The van der Waals surface area contributed by atoms with Crippen LogP contribution in [0.2, 0.25) is 0 Å². The van der Waals surface area contributed by atoms with Crippen LogP contribution in [-0.4, -0.2) is 27.8 Å². The Labute approximate surface area is 103 Å². The standard InChI is InChI=1S/C11H14N4O3/c1-2-7-13-8(5-10(17)14-7)12-6-3-4-9(16)15-11(6)18/h5-6H,2-4H2,1H3,(H,15,16,18)(H2,12,13,14,17). The number of imide groups is 1. The Morgan fingerprint density at radius 3 is 2.89 bits per heavy atom. The number of amides is 2. The van der Waals surface area contributed by atoms with E-state index in [-0.39, 0.29) is 23.8 Å². The minimum Gasteiger partial charge on any atom is -0.358 e. The molecular weight excluding hydrogens is 236 g/mol. The molecule has 2 heterocycles. The second kappa shape index (κ2) is 4.99. The zero-order valence-electron chi connectivity index (χ0n) is 9.95. The molecule has 0 bridgehead atoms. The van der Waals surface area contributed by atoms with Crippen molar-refractivity contribution in [3.63, 3.8) is 0 Å². The fourth-order valence-corrected chi connectivity index (χ4v) is 1.76. The predicted molar refractivity (Wildman–Crippen MR) is 64.0 cm³/mol. The normalized spacial score (nSPS) is 19.5. The summed E-state index contributed by atoms with van der Waals surface area (Å²) in [7, 11) is 0. The molecule has 0 aliphatic carbocycles. The van der Waals surface area contributed by atoms with E-state index in [9.17, 15) is 14.4 Å². The highest BCUT2D eigenvalue weighted by atomic mass is 16.2. The van der Waals surface area contributed by atoms with Gasteiger partial charge in [-0.25, -0.2) is 4.98 Å². The highest BCUT2D eigenvalue weighted by Crippen LogP contribution is 2.10. The van der Waals surface area contributed by atoms with Gasteiger partial charge in [0.15, 0.2) is 0 Å². The number of nitrogens with one attached hydrogen (secondary N) is 3. The van der Waals surface area contributed by atoms with Gasteiger partial charge in [0.1, 0.15) is 17.7 Å². The van der Waals surface area contributed by atoms with E-state index in [1.165, 1.54) is 6.07 Å². The van der Waals surface area contributed by atoms with E-state index < -0.39 is 6.04 Å². The third kappa shape index (κ3) is 2.73. The van der Waals surface area contributed by atoms with Crippen molar-refractivity contribution >= 4 is 17.6 Å². The molecule has 1 aliphatic rings. The molecule has 1 atom stereocenters. The van der Waals surface area contributed by atoms with Gasteiger partial charge in [0.25, 0.3) is 5.56 Å². The summed E-state index contributed by atoms with van der Waals surface area (Å²) in [6.45, 7) is 1.87. The van der Waals surface area contributed by atoms with Crippen molar-refractivity contribution in [2.75, 3.05) is 5.32 Å². The van der Waals surface area contributed by atoms with Crippen molar-refractivity contribution in [1.82, 2.24) is 15.3 Å². The van der Waals surface area contributed by atoms with Gasteiger partial charge in [-0.1, -0.05) is 6.92 Å². The van der Waals surface area contributed by atoms with Crippen LogP contribution in [0.25, 0.3) is 0 Å². The molecule has 7 nitrogen and oxygen atoms in total. The number of carbonyl (C=O) groups is 2. The molecule has 0 aromatic carbocycles. The Bertz CT molecular complexity index is 537. The maximum Gasteiger partial charge on any atom is 0.252 e. The molecule has 1 aromatic rings. The number of carbonyl (C=O) groups excluding carboxylic acids is 2. The Morgan fingerprint density at radius 1 is 1.44 bits per heavy atom. The van der Waals surface area contributed by atoms with Gasteiger partial charge in [0.05, 0.1) is 0 Å². The van der Waals surface area contributed by atoms with Gasteiger partial charge in [-0.15, -0.1) is 0 Å². The molecule has 2 rings (SSSR count). The quantitative estimate of drug-likeness (QED) is 0.630. The van der Waals surface area contributed by atoms with Crippen molar-refractivity contribution in [3.8, 4) is 0 Å². The summed E-state index contributed by atoms with van der Waals surface area (Å²) in [5.41, 5.74) is -0.267. The van der Waals surface area contributed by atoms with E-state index in [0.29, 0.717) is 24.5 Å². The summed E-state index contributed by atoms with van der Waals surface area (Å²) in [6, 6.07) is 0.768. The van der Waals surface area contributed by atoms with E-state index in [4.69, 9.17) is 0 Å². The molecule has 1 unspecified atom stereocenters. The maximum absolute atomic E-state index is 11.5. The number of H-pyrrole nitrogens is 1. The molecule has 0 radical (unpaired) electrons. The van der Waals surface area contributed by atoms with E-state index >= 15 is 0 Å². The first-order valence-corrected chi connectivity index (χ1v) is 5.79. The van der Waals surface area contributed by atoms with E-state index in [1.54, 1.807) is 0 Å². The van der Waals surface area contributed by atoms with Crippen LogP contribution < -0.4 is 16.2 Å². The smallest absolute Gasteiger partial charge is 0.252 e. The Hall–Kier alpha value is -2.18. The summed E-state index contributed by atoms with van der Waals surface area (Å²) in [5.74, 6) is 0.250. The number of hydrogen-bond acceptors (Lipinski definition) is 5. The van der Waals surface area contributed by atoms with E-state index in [2.05, 4.69) is 20.6 Å². The number of anilines is 1. The van der Waals surface area contributed by atoms with Gasteiger partial charge in [-0.2, -0.15) is 0 Å². The minimum absolute atomic E-state index is 0.267. The molecule has 1 fully saturated rings. The molecule has 1 saturated heterocycles. The van der Waals surface area contributed by atoms with Crippen molar-refractivity contribution in [3.05, 3.63) is 22.2 Å². The summed E-state index contributed by atoms with van der Waals surface area (Å²) < 4.78 is 0. The van der Waals surface area contributed by atoms with Gasteiger partial charge < -0.3 is 10.3 Å². The van der Waals surface area contributed by atoms with Gasteiger partial charge in [0, 0.05) is 18.9 Å². The molecule has 1 aliphatic heterocycles. The monoisotopic (exact) mass is 250 g/mol. The first kappa shape index (κ1) is 12.3. The van der Waals surface area contributed by atoms with E-state index in [1.807, 2.05) is 6.92 Å². The highest BCUT2D eigenvalue weighted by Gasteiger charge is 2.26. The fraction of sp³-hybridized carbons (Fsp3) is 0.455. The number of aromatic nitrogens is 2. The van der Waals surface area contributed by atoms with Gasteiger partial charge in [0.2, 0.25) is 11.8 Å². The minimum atomic E-state index is -0.526. The number of aromatic amines is 1. The molecule has 0 saturated carbocycles. The van der Waals surface area contributed by atoms with Crippen LogP contribution in [0.1, 0.15) is 25.6 Å². The molecule has 3 N–H and O–H groups in total. The van der Waals surface area contributed by atoms with Crippen molar-refractivity contribution in [2.24, 2.45) is 0 Å². The Kier molecular flexibility index (Phi) is 3.40. The third-order valence-corrected chi connectivity index (χ3v) is 2.69. The molecule has 0 spiro atoms. The molecular formula is C11H14N4O3. The molecule has 2 amide bonds. The summed E-state index contributed by atoms with van der Waals surface area (Å²) >= 11 is 0. The van der Waals surface area contributed by atoms with Crippen molar-refractivity contribution in [1.29, 1.82) is 0 Å². The van der Waals surface area contributed by atoms with Crippen LogP contribution in [0.3, 0.4) is 0 Å². The fourth-order valence-electron chi connectivity index (χ4n) is 1.76. The molecule has 96 valence electrons. The first-order valence-electron chi connectivity index (χ1n) is 5.79. The first-order chi connectivity index (χ1) is 8.58. The molecule has 18 heavy (non-hydrogen) atoms. The lowest BCUT2D eigenvalue weighted by Crippen LogP contribution is -2.47. The number of piperidine rings is 1. The third-order valence-electron chi connectivity index (χ3n) is 2.69. The average molecular weight is 250 g/mol. The van der Waals surface area contributed by atoms with Crippen LogP contribution in [0.15, 0.2) is 10.9 Å². The zero-order valence-corrected chi connectivity index (χ0v) is 9.95. The Morgan fingerprint density at radius 2 is 2.22 bits per heavy atom. The number of rotatable bonds is 3. The lowest BCUT2D eigenvalue weighted by atomic mass is 10.1. The molecule has 1 aromatic heterocycles. The van der Waals surface area contributed by atoms with Crippen LogP contribution in [0.4, 0.5) is 5.82 Å². The van der Waals surface area contributed by atoms with Crippen LogP contribution in [0.5, 0.6) is 0 Å². The van der Waals surface area contributed by atoms with Crippen molar-refractivity contribution in [2.45, 2.75) is 32.2 Å². The SMILES string of the molecule is CCc1nc(NC2CCC(=O)NC2=O)cc(=O)[nH]1. The largest absolute Gasteiger partial charge is 0.358 e. The van der Waals surface area contributed by atoms with Crippen LogP contribution in [0, 0.1) is 0 Å². The lowest BCUT2D eigenvalue weighted by Gasteiger charge is -2.22. The molecule has 7 heteroatoms. The Balaban J connectivity index is 2.14.